The number of nitriles is 1. The van der Waals surface area contributed by atoms with Gasteiger partial charge in [0.2, 0.25) is 0 Å². The Morgan fingerprint density at radius 3 is 2.95 bits per heavy atom. The zero-order valence-electron chi connectivity index (χ0n) is 12.2. The number of piperidine rings is 1. The minimum absolute atomic E-state index is 0.688. The summed E-state index contributed by atoms with van der Waals surface area (Å²) in [6, 6.07) is 9.20. The Bertz CT molecular complexity index is 511. The second-order valence-corrected chi connectivity index (χ2v) is 6.18. The van der Waals surface area contributed by atoms with Gasteiger partial charge in [-0.05, 0) is 62.8 Å². The lowest BCUT2D eigenvalue weighted by molar-refractivity contribution is 0.329. The highest BCUT2D eigenvalue weighted by Gasteiger charge is 2.29. The van der Waals surface area contributed by atoms with Crippen LogP contribution in [-0.2, 0) is 0 Å². The average molecular weight is 269 g/mol. The second kappa shape index (κ2) is 5.85. The van der Waals surface area contributed by atoms with Gasteiger partial charge in [0.15, 0.2) is 0 Å². The Kier molecular flexibility index (Phi) is 3.93. The van der Waals surface area contributed by atoms with Gasteiger partial charge in [-0.1, -0.05) is 6.07 Å². The molecule has 0 spiro atoms. The first kappa shape index (κ1) is 13.5. The van der Waals surface area contributed by atoms with Crippen LogP contribution in [0.3, 0.4) is 0 Å². The Hall–Kier alpha value is -1.53. The number of hydrogen-bond donors (Lipinski definition) is 1. The first-order chi connectivity index (χ1) is 9.78. The molecule has 2 fully saturated rings. The van der Waals surface area contributed by atoms with Crippen LogP contribution in [0.5, 0.6) is 0 Å². The van der Waals surface area contributed by atoms with Crippen molar-refractivity contribution in [2.45, 2.75) is 38.6 Å². The van der Waals surface area contributed by atoms with E-state index in [9.17, 15) is 5.26 Å². The summed E-state index contributed by atoms with van der Waals surface area (Å²) in [7, 11) is 0. The standard InChI is InChI=1S/C17H23N3/c1-13-6-7-14(11-18)17(10-13)20-9-3-4-15(12-20)16-5-2-8-19-16/h6-7,10,15-16,19H,2-5,8-9,12H2,1H3. The molecule has 2 aliphatic rings. The van der Waals surface area contributed by atoms with Crippen LogP contribution in [0.15, 0.2) is 18.2 Å². The second-order valence-electron chi connectivity index (χ2n) is 6.18. The summed E-state index contributed by atoms with van der Waals surface area (Å²) in [5.41, 5.74) is 3.19. The van der Waals surface area contributed by atoms with Crippen LogP contribution < -0.4 is 10.2 Å². The number of benzene rings is 1. The van der Waals surface area contributed by atoms with E-state index in [0.29, 0.717) is 6.04 Å². The van der Waals surface area contributed by atoms with E-state index >= 15 is 0 Å². The molecule has 0 radical (unpaired) electrons. The van der Waals surface area contributed by atoms with Gasteiger partial charge in [0, 0.05) is 19.1 Å². The van der Waals surface area contributed by atoms with Crippen LogP contribution in [0.1, 0.15) is 36.8 Å². The molecule has 1 N–H and O–H groups in total. The van der Waals surface area contributed by atoms with Crippen molar-refractivity contribution in [1.82, 2.24) is 5.32 Å². The summed E-state index contributed by atoms with van der Waals surface area (Å²) in [6.07, 6.45) is 5.19. The maximum atomic E-state index is 9.33. The van der Waals surface area contributed by atoms with Crippen molar-refractivity contribution >= 4 is 5.69 Å². The first-order valence-electron chi connectivity index (χ1n) is 7.77. The molecular formula is C17H23N3. The summed E-state index contributed by atoms with van der Waals surface area (Å²) in [6.45, 7) is 5.46. The Balaban J connectivity index is 1.79. The molecule has 106 valence electrons. The molecule has 0 aliphatic carbocycles. The van der Waals surface area contributed by atoms with Gasteiger partial charge in [-0.15, -0.1) is 0 Å². The largest absolute Gasteiger partial charge is 0.370 e. The van der Waals surface area contributed by atoms with E-state index in [4.69, 9.17) is 0 Å². The minimum atomic E-state index is 0.688. The summed E-state index contributed by atoms with van der Waals surface area (Å²) in [4.78, 5) is 2.43. The third-order valence-corrected chi connectivity index (χ3v) is 4.74. The van der Waals surface area contributed by atoms with E-state index in [0.717, 1.165) is 30.3 Å². The van der Waals surface area contributed by atoms with Crippen LogP contribution in [0.25, 0.3) is 0 Å². The monoisotopic (exact) mass is 269 g/mol. The molecule has 0 bridgehead atoms. The Morgan fingerprint density at radius 1 is 1.30 bits per heavy atom. The smallest absolute Gasteiger partial charge is 0.101 e. The van der Waals surface area contributed by atoms with Crippen molar-refractivity contribution in [3.05, 3.63) is 29.3 Å². The normalized spacial score (nSPS) is 26.5. The number of rotatable bonds is 2. The van der Waals surface area contributed by atoms with Crippen molar-refractivity contribution in [2.75, 3.05) is 24.5 Å². The lowest BCUT2D eigenvalue weighted by atomic mass is 9.89. The van der Waals surface area contributed by atoms with E-state index in [1.54, 1.807) is 0 Å². The molecular weight excluding hydrogens is 246 g/mol. The molecule has 2 heterocycles. The number of anilines is 1. The molecule has 3 heteroatoms. The lowest BCUT2D eigenvalue weighted by Crippen LogP contribution is -2.43. The van der Waals surface area contributed by atoms with E-state index in [1.807, 2.05) is 12.1 Å². The maximum absolute atomic E-state index is 9.33. The molecule has 1 aromatic carbocycles. The fourth-order valence-corrected chi connectivity index (χ4v) is 3.67. The molecule has 2 atom stereocenters. The van der Waals surface area contributed by atoms with E-state index in [-0.39, 0.29) is 0 Å². The van der Waals surface area contributed by atoms with Crippen LogP contribution in [-0.4, -0.2) is 25.7 Å². The minimum Gasteiger partial charge on any atom is -0.370 e. The number of aryl methyl sites for hydroxylation is 1. The molecule has 3 rings (SSSR count). The maximum Gasteiger partial charge on any atom is 0.101 e. The third-order valence-electron chi connectivity index (χ3n) is 4.74. The molecule has 20 heavy (non-hydrogen) atoms. The quantitative estimate of drug-likeness (QED) is 0.897. The van der Waals surface area contributed by atoms with Crippen LogP contribution >= 0.6 is 0 Å². The highest BCUT2D eigenvalue weighted by molar-refractivity contribution is 5.61. The summed E-state index contributed by atoms with van der Waals surface area (Å²) in [5.74, 6) is 0.735. The third kappa shape index (κ3) is 2.66. The Labute approximate surface area is 121 Å². The molecule has 2 aliphatic heterocycles. The molecule has 2 unspecified atom stereocenters. The van der Waals surface area contributed by atoms with Gasteiger partial charge in [-0.2, -0.15) is 5.26 Å². The zero-order valence-corrected chi connectivity index (χ0v) is 12.2. The van der Waals surface area contributed by atoms with Gasteiger partial charge in [0.1, 0.15) is 6.07 Å². The van der Waals surface area contributed by atoms with Gasteiger partial charge in [0.25, 0.3) is 0 Å². The number of nitrogens with one attached hydrogen (secondary N) is 1. The van der Waals surface area contributed by atoms with Crippen LogP contribution in [0.4, 0.5) is 5.69 Å². The topological polar surface area (TPSA) is 39.1 Å². The highest BCUT2D eigenvalue weighted by Crippen LogP contribution is 2.30. The van der Waals surface area contributed by atoms with E-state index < -0.39 is 0 Å². The van der Waals surface area contributed by atoms with Gasteiger partial charge in [-0.25, -0.2) is 0 Å². The molecule has 2 saturated heterocycles. The molecule has 3 nitrogen and oxygen atoms in total. The summed E-state index contributed by atoms with van der Waals surface area (Å²) >= 11 is 0. The first-order valence-corrected chi connectivity index (χ1v) is 7.77. The summed E-state index contributed by atoms with van der Waals surface area (Å²) < 4.78 is 0. The predicted octanol–water partition coefficient (Wildman–Crippen LogP) is 2.84. The van der Waals surface area contributed by atoms with E-state index in [2.05, 4.69) is 29.3 Å². The molecule has 0 amide bonds. The van der Waals surface area contributed by atoms with Crippen molar-refractivity contribution in [3.8, 4) is 6.07 Å². The fraction of sp³-hybridized carbons (Fsp3) is 0.588. The van der Waals surface area contributed by atoms with Crippen LogP contribution in [0.2, 0.25) is 0 Å². The van der Waals surface area contributed by atoms with Crippen LogP contribution in [0, 0.1) is 24.2 Å². The molecule has 0 aromatic heterocycles. The Morgan fingerprint density at radius 2 is 2.20 bits per heavy atom. The number of nitrogens with zero attached hydrogens (tertiary/aromatic N) is 2. The van der Waals surface area contributed by atoms with Crippen molar-refractivity contribution < 1.29 is 0 Å². The molecule has 1 aromatic rings. The van der Waals surface area contributed by atoms with Gasteiger partial charge in [0.05, 0.1) is 11.3 Å². The van der Waals surface area contributed by atoms with Crippen molar-refractivity contribution in [1.29, 1.82) is 5.26 Å². The van der Waals surface area contributed by atoms with Gasteiger partial charge >= 0.3 is 0 Å². The van der Waals surface area contributed by atoms with Gasteiger partial charge in [-0.3, -0.25) is 0 Å². The fourth-order valence-electron chi connectivity index (χ4n) is 3.67. The summed E-state index contributed by atoms with van der Waals surface area (Å²) in [5, 5.41) is 13.0. The van der Waals surface area contributed by atoms with Crippen molar-refractivity contribution in [2.24, 2.45) is 5.92 Å². The van der Waals surface area contributed by atoms with E-state index in [1.165, 1.54) is 37.8 Å². The molecule has 0 saturated carbocycles. The zero-order chi connectivity index (χ0) is 13.9. The SMILES string of the molecule is Cc1ccc(C#N)c(N2CCCC(C3CCCN3)C2)c1. The highest BCUT2D eigenvalue weighted by atomic mass is 15.1. The van der Waals surface area contributed by atoms with Crippen molar-refractivity contribution in [3.63, 3.8) is 0 Å². The average Bonchev–Trinajstić information content (AvgIpc) is 3.01. The predicted molar refractivity (Wildman–Crippen MR) is 81.9 cm³/mol. The number of hydrogen-bond acceptors (Lipinski definition) is 3. The van der Waals surface area contributed by atoms with Gasteiger partial charge < -0.3 is 10.2 Å². The lowest BCUT2D eigenvalue weighted by Gasteiger charge is -2.37.